The van der Waals surface area contributed by atoms with Crippen molar-refractivity contribution in [2.45, 2.75) is 50.3 Å². The van der Waals surface area contributed by atoms with Crippen LogP contribution in [0.25, 0.3) is 10.8 Å². The zero-order valence-electron chi connectivity index (χ0n) is 12.4. The molecule has 0 atom stereocenters. The van der Waals surface area contributed by atoms with Crippen molar-refractivity contribution in [2.24, 2.45) is 0 Å². The van der Waals surface area contributed by atoms with E-state index in [1.807, 2.05) is 24.3 Å². The molecule has 0 fully saturated rings. The SMILES string of the molecule is CCCCCCCc1cc(S(=O)(=O)O)cc2ccccc12. The molecule has 0 spiro atoms. The molecule has 0 radical (unpaired) electrons. The summed E-state index contributed by atoms with van der Waals surface area (Å²) in [6.07, 6.45) is 6.70. The third kappa shape index (κ3) is 4.29. The Morgan fingerprint density at radius 3 is 2.43 bits per heavy atom. The number of hydrogen-bond acceptors (Lipinski definition) is 2. The Labute approximate surface area is 126 Å². The van der Waals surface area contributed by atoms with Gasteiger partial charge in [0.05, 0.1) is 4.90 Å². The Balaban J connectivity index is 2.27. The van der Waals surface area contributed by atoms with Gasteiger partial charge in [0.1, 0.15) is 0 Å². The maximum absolute atomic E-state index is 11.4. The van der Waals surface area contributed by atoms with E-state index < -0.39 is 10.1 Å². The van der Waals surface area contributed by atoms with Crippen LogP contribution in [-0.2, 0) is 16.5 Å². The van der Waals surface area contributed by atoms with E-state index in [0.29, 0.717) is 0 Å². The summed E-state index contributed by atoms with van der Waals surface area (Å²) >= 11 is 0. The number of benzene rings is 2. The lowest BCUT2D eigenvalue weighted by Gasteiger charge is -2.09. The highest BCUT2D eigenvalue weighted by Crippen LogP contribution is 2.25. The molecule has 0 amide bonds. The number of unbranched alkanes of at least 4 members (excludes halogenated alkanes) is 4. The lowest BCUT2D eigenvalue weighted by atomic mass is 9.99. The second-order valence-corrected chi connectivity index (χ2v) is 6.86. The fraction of sp³-hybridized carbons (Fsp3) is 0.412. The molecule has 2 aromatic carbocycles. The minimum absolute atomic E-state index is 0.00948. The Morgan fingerprint density at radius 2 is 1.71 bits per heavy atom. The zero-order chi connectivity index (χ0) is 15.3. The van der Waals surface area contributed by atoms with Crippen LogP contribution in [0, 0.1) is 0 Å². The number of rotatable bonds is 7. The van der Waals surface area contributed by atoms with Crippen LogP contribution in [0.15, 0.2) is 41.3 Å². The first kappa shape index (κ1) is 16.0. The standard InChI is InChI=1S/C17H22O3S/c1-2-3-4-5-6-9-14-12-16(21(18,19)20)13-15-10-7-8-11-17(14)15/h7-8,10-13H,2-6,9H2,1H3,(H,18,19,20). The summed E-state index contributed by atoms with van der Waals surface area (Å²) in [5, 5.41) is 1.93. The predicted octanol–water partition coefficient (Wildman–Crippen LogP) is 4.60. The van der Waals surface area contributed by atoms with Crippen molar-refractivity contribution in [1.82, 2.24) is 0 Å². The molecular formula is C17H22O3S. The predicted molar refractivity (Wildman–Crippen MR) is 86.2 cm³/mol. The van der Waals surface area contributed by atoms with Gasteiger partial charge in [-0.05, 0) is 41.3 Å². The monoisotopic (exact) mass is 306 g/mol. The maximum Gasteiger partial charge on any atom is 0.294 e. The largest absolute Gasteiger partial charge is 0.294 e. The van der Waals surface area contributed by atoms with Gasteiger partial charge >= 0.3 is 0 Å². The van der Waals surface area contributed by atoms with E-state index in [1.54, 1.807) is 6.07 Å². The van der Waals surface area contributed by atoms with E-state index in [0.717, 1.165) is 35.6 Å². The van der Waals surface area contributed by atoms with Crippen LogP contribution < -0.4 is 0 Å². The normalized spacial score (nSPS) is 11.9. The molecule has 2 rings (SSSR count). The summed E-state index contributed by atoms with van der Waals surface area (Å²) in [5.74, 6) is 0. The van der Waals surface area contributed by atoms with Gasteiger partial charge in [-0.25, -0.2) is 0 Å². The quantitative estimate of drug-likeness (QED) is 0.601. The molecule has 0 aliphatic rings. The summed E-state index contributed by atoms with van der Waals surface area (Å²) in [7, 11) is -4.16. The van der Waals surface area contributed by atoms with Gasteiger partial charge in [0.2, 0.25) is 0 Å². The first-order valence-corrected chi connectivity index (χ1v) is 8.95. The van der Waals surface area contributed by atoms with Crippen LogP contribution in [-0.4, -0.2) is 13.0 Å². The molecule has 1 N–H and O–H groups in total. The molecule has 0 aromatic heterocycles. The fourth-order valence-corrected chi connectivity index (χ4v) is 3.20. The molecule has 0 heterocycles. The highest BCUT2D eigenvalue weighted by molar-refractivity contribution is 7.85. The van der Waals surface area contributed by atoms with E-state index in [9.17, 15) is 13.0 Å². The summed E-state index contributed by atoms with van der Waals surface area (Å²) in [6.45, 7) is 2.18. The van der Waals surface area contributed by atoms with E-state index in [4.69, 9.17) is 0 Å². The van der Waals surface area contributed by atoms with Gasteiger partial charge < -0.3 is 0 Å². The van der Waals surface area contributed by atoms with Gasteiger partial charge in [-0.3, -0.25) is 4.55 Å². The van der Waals surface area contributed by atoms with Crippen molar-refractivity contribution in [3.05, 3.63) is 42.0 Å². The average molecular weight is 306 g/mol. The van der Waals surface area contributed by atoms with Gasteiger partial charge in [0.15, 0.2) is 0 Å². The molecule has 0 unspecified atom stereocenters. The van der Waals surface area contributed by atoms with Crippen molar-refractivity contribution in [2.75, 3.05) is 0 Å². The minimum Gasteiger partial charge on any atom is -0.282 e. The average Bonchev–Trinajstić information content (AvgIpc) is 2.45. The number of hydrogen-bond donors (Lipinski definition) is 1. The van der Waals surface area contributed by atoms with E-state index in [2.05, 4.69) is 6.92 Å². The molecule has 0 aliphatic heterocycles. The Morgan fingerprint density at radius 1 is 1.00 bits per heavy atom. The number of aryl methyl sites for hydroxylation is 1. The topological polar surface area (TPSA) is 54.4 Å². The third-order valence-electron chi connectivity index (χ3n) is 3.77. The van der Waals surface area contributed by atoms with Crippen LogP contribution in [0.5, 0.6) is 0 Å². The van der Waals surface area contributed by atoms with Gasteiger partial charge in [0.25, 0.3) is 10.1 Å². The highest BCUT2D eigenvalue weighted by Gasteiger charge is 2.13. The van der Waals surface area contributed by atoms with Crippen LogP contribution in [0.3, 0.4) is 0 Å². The van der Waals surface area contributed by atoms with E-state index >= 15 is 0 Å². The highest BCUT2D eigenvalue weighted by atomic mass is 32.2. The summed E-state index contributed by atoms with van der Waals surface area (Å²) in [5.41, 5.74) is 0.997. The number of fused-ring (bicyclic) bond motifs is 1. The summed E-state index contributed by atoms with van der Waals surface area (Å²) < 4.78 is 32.1. The summed E-state index contributed by atoms with van der Waals surface area (Å²) in [6, 6.07) is 10.9. The molecule has 0 bridgehead atoms. The molecule has 0 saturated heterocycles. The van der Waals surface area contributed by atoms with Crippen molar-refractivity contribution in [1.29, 1.82) is 0 Å². The molecule has 3 nitrogen and oxygen atoms in total. The fourth-order valence-electron chi connectivity index (χ4n) is 2.63. The van der Waals surface area contributed by atoms with E-state index in [1.165, 1.54) is 25.3 Å². The van der Waals surface area contributed by atoms with Gasteiger partial charge in [-0.1, -0.05) is 56.9 Å². The van der Waals surface area contributed by atoms with E-state index in [-0.39, 0.29) is 4.90 Å². The molecular weight excluding hydrogens is 284 g/mol. The van der Waals surface area contributed by atoms with Gasteiger partial charge in [0, 0.05) is 0 Å². The first-order valence-electron chi connectivity index (χ1n) is 7.51. The second kappa shape index (κ2) is 7.05. The van der Waals surface area contributed by atoms with Crippen molar-refractivity contribution in [3.8, 4) is 0 Å². The molecule has 0 aliphatic carbocycles. The Bertz CT molecular complexity index is 705. The third-order valence-corrected chi connectivity index (χ3v) is 4.60. The summed E-state index contributed by atoms with van der Waals surface area (Å²) in [4.78, 5) is -0.00948. The minimum atomic E-state index is -4.16. The van der Waals surface area contributed by atoms with Crippen molar-refractivity contribution in [3.63, 3.8) is 0 Å². The molecule has 4 heteroatoms. The van der Waals surface area contributed by atoms with Gasteiger partial charge in [-0.2, -0.15) is 8.42 Å². The first-order chi connectivity index (χ1) is 10.0. The lowest BCUT2D eigenvalue weighted by molar-refractivity contribution is 0.483. The Hall–Kier alpha value is -1.39. The molecule has 2 aromatic rings. The smallest absolute Gasteiger partial charge is 0.282 e. The van der Waals surface area contributed by atoms with Crippen LogP contribution in [0.2, 0.25) is 0 Å². The lowest BCUT2D eigenvalue weighted by Crippen LogP contribution is -2.00. The molecule has 114 valence electrons. The van der Waals surface area contributed by atoms with Gasteiger partial charge in [-0.15, -0.1) is 0 Å². The van der Waals surface area contributed by atoms with Crippen LogP contribution >= 0.6 is 0 Å². The van der Waals surface area contributed by atoms with Crippen molar-refractivity contribution < 1.29 is 13.0 Å². The molecule has 0 saturated carbocycles. The Kier molecular flexibility index (Phi) is 5.37. The second-order valence-electron chi connectivity index (χ2n) is 5.44. The van der Waals surface area contributed by atoms with Crippen molar-refractivity contribution >= 4 is 20.9 Å². The zero-order valence-corrected chi connectivity index (χ0v) is 13.2. The maximum atomic E-state index is 11.4. The van der Waals surface area contributed by atoms with Crippen LogP contribution in [0.4, 0.5) is 0 Å². The van der Waals surface area contributed by atoms with Crippen LogP contribution in [0.1, 0.15) is 44.6 Å². The molecule has 21 heavy (non-hydrogen) atoms.